The molecule has 1 heterocycles. The van der Waals surface area contributed by atoms with Gasteiger partial charge in [-0.2, -0.15) is 0 Å². The zero-order valence-corrected chi connectivity index (χ0v) is 10.5. The van der Waals surface area contributed by atoms with E-state index in [4.69, 9.17) is 5.73 Å². The van der Waals surface area contributed by atoms with Crippen molar-refractivity contribution in [2.24, 2.45) is 11.7 Å². The maximum Gasteiger partial charge on any atom is 0.236 e. The van der Waals surface area contributed by atoms with Gasteiger partial charge in [0.1, 0.15) is 0 Å². The van der Waals surface area contributed by atoms with E-state index in [9.17, 15) is 4.79 Å². The molecule has 1 rings (SSSR count). The highest BCUT2D eigenvalue weighted by Gasteiger charge is 2.14. The topological polar surface area (TPSA) is 58.4 Å². The minimum absolute atomic E-state index is 0.0505. The molecule has 0 aromatic carbocycles. The molecule has 0 aromatic rings. The highest BCUT2D eigenvalue weighted by molar-refractivity contribution is 5.80. The predicted octanol–water partition coefficient (Wildman–Crippen LogP) is 0.572. The lowest BCUT2D eigenvalue weighted by Gasteiger charge is -2.29. The van der Waals surface area contributed by atoms with Crippen LogP contribution in [0.4, 0.5) is 0 Å². The molecule has 94 valence electrons. The maximum atomic E-state index is 11.3. The molecule has 0 aliphatic carbocycles. The summed E-state index contributed by atoms with van der Waals surface area (Å²) in [4.78, 5) is 13.8. The molecule has 1 saturated heterocycles. The van der Waals surface area contributed by atoms with Gasteiger partial charge in [-0.1, -0.05) is 13.3 Å². The zero-order valence-electron chi connectivity index (χ0n) is 10.5. The van der Waals surface area contributed by atoms with Crippen molar-refractivity contribution in [3.8, 4) is 0 Å². The monoisotopic (exact) mass is 227 g/mol. The molecule has 0 radical (unpaired) electrons. The number of nitrogens with one attached hydrogen (secondary N) is 1. The lowest BCUT2D eigenvalue weighted by molar-refractivity contribution is -0.122. The molecule has 4 nitrogen and oxygen atoms in total. The summed E-state index contributed by atoms with van der Waals surface area (Å²) >= 11 is 0. The second-order valence-corrected chi connectivity index (χ2v) is 5.00. The Morgan fingerprint density at radius 1 is 1.31 bits per heavy atom. The highest BCUT2D eigenvalue weighted by atomic mass is 16.2. The minimum Gasteiger partial charge on any atom is -0.354 e. The fraction of sp³-hybridized carbons (Fsp3) is 0.917. The van der Waals surface area contributed by atoms with Crippen molar-refractivity contribution in [3.05, 3.63) is 0 Å². The first-order chi connectivity index (χ1) is 7.59. The van der Waals surface area contributed by atoms with E-state index >= 15 is 0 Å². The van der Waals surface area contributed by atoms with Crippen LogP contribution in [0.1, 0.15) is 33.1 Å². The van der Waals surface area contributed by atoms with Gasteiger partial charge in [-0.25, -0.2) is 0 Å². The zero-order chi connectivity index (χ0) is 12.0. The van der Waals surface area contributed by atoms with Gasteiger partial charge in [0.25, 0.3) is 0 Å². The molecule has 1 fully saturated rings. The van der Waals surface area contributed by atoms with Gasteiger partial charge >= 0.3 is 0 Å². The Bertz CT molecular complexity index is 212. The van der Waals surface area contributed by atoms with Crippen LogP contribution in [0.5, 0.6) is 0 Å². The van der Waals surface area contributed by atoms with Crippen molar-refractivity contribution in [2.45, 2.75) is 39.2 Å². The Labute approximate surface area is 98.6 Å². The summed E-state index contributed by atoms with van der Waals surface area (Å²) in [7, 11) is 0. The second-order valence-electron chi connectivity index (χ2n) is 5.00. The fourth-order valence-corrected chi connectivity index (χ4v) is 2.08. The van der Waals surface area contributed by atoms with Gasteiger partial charge in [-0.05, 0) is 38.8 Å². The Hall–Kier alpha value is -0.610. The van der Waals surface area contributed by atoms with Crippen LogP contribution in [0, 0.1) is 5.92 Å². The number of hydrogen-bond acceptors (Lipinski definition) is 3. The third kappa shape index (κ3) is 4.94. The Kier molecular flexibility index (Phi) is 5.77. The highest BCUT2D eigenvalue weighted by Crippen LogP contribution is 2.10. The van der Waals surface area contributed by atoms with E-state index in [2.05, 4.69) is 17.1 Å². The quantitative estimate of drug-likeness (QED) is 0.722. The molecule has 1 aliphatic rings. The smallest absolute Gasteiger partial charge is 0.236 e. The van der Waals surface area contributed by atoms with Gasteiger partial charge in [0, 0.05) is 13.1 Å². The van der Waals surface area contributed by atoms with Crippen molar-refractivity contribution in [3.63, 3.8) is 0 Å². The van der Waals surface area contributed by atoms with E-state index in [-0.39, 0.29) is 5.91 Å². The first kappa shape index (κ1) is 13.5. The summed E-state index contributed by atoms with van der Waals surface area (Å²) < 4.78 is 0. The van der Waals surface area contributed by atoms with Crippen LogP contribution in [0.15, 0.2) is 0 Å². The summed E-state index contributed by atoms with van der Waals surface area (Å²) in [6.07, 6.45) is 4.00. The van der Waals surface area contributed by atoms with Gasteiger partial charge in [-0.15, -0.1) is 0 Å². The predicted molar refractivity (Wildman–Crippen MR) is 66.1 cm³/mol. The number of piperidine rings is 1. The van der Waals surface area contributed by atoms with Gasteiger partial charge in [0.05, 0.1) is 6.04 Å². The van der Waals surface area contributed by atoms with Crippen molar-refractivity contribution >= 4 is 5.91 Å². The van der Waals surface area contributed by atoms with Crippen molar-refractivity contribution in [1.29, 1.82) is 0 Å². The van der Waals surface area contributed by atoms with Crippen LogP contribution in [-0.4, -0.2) is 43.0 Å². The molecule has 0 aromatic heterocycles. The van der Waals surface area contributed by atoms with Crippen molar-refractivity contribution in [2.75, 3.05) is 26.2 Å². The number of hydrogen-bond donors (Lipinski definition) is 2. The van der Waals surface area contributed by atoms with E-state index in [1.54, 1.807) is 6.92 Å². The van der Waals surface area contributed by atoms with E-state index in [0.717, 1.165) is 13.1 Å². The van der Waals surface area contributed by atoms with Crippen LogP contribution >= 0.6 is 0 Å². The van der Waals surface area contributed by atoms with Gasteiger partial charge in [0.15, 0.2) is 0 Å². The first-order valence-electron chi connectivity index (χ1n) is 6.35. The van der Waals surface area contributed by atoms with Gasteiger partial charge in [-0.3, -0.25) is 4.79 Å². The molecule has 1 unspecified atom stereocenters. The lowest BCUT2D eigenvalue weighted by atomic mass is 10.1. The van der Waals surface area contributed by atoms with E-state index in [0.29, 0.717) is 5.92 Å². The molecule has 16 heavy (non-hydrogen) atoms. The molecule has 0 bridgehead atoms. The summed E-state index contributed by atoms with van der Waals surface area (Å²) in [5.74, 6) is 0.450. The Balaban J connectivity index is 2.14. The van der Waals surface area contributed by atoms with Crippen molar-refractivity contribution < 1.29 is 4.79 Å². The maximum absolute atomic E-state index is 11.3. The average molecular weight is 227 g/mol. The standard InChI is InChI=1S/C12H25N3O/c1-10(8-14-12(16)11(2)13)9-15-6-4-3-5-7-15/h10-11H,3-9,13H2,1-2H3,(H,14,16)/t10?,11-/m1/s1. The Morgan fingerprint density at radius 3 is 2.50 bits per heavy atom. The third-order valence-corrected chi connectivity index (χ3v) is 3.06. The largest absolute Gasteiger partial charge is 0.354 e. The summed E-state index contributed by atoms with van der Waals surface area (Å²) in [5, 5.41) is 2.88. The van der Waals surface area contributed by atoms with E-state index in [1.165, 1.54) is 32.4 Å². The van der Waals surface area contributed by atoms with Crippen LogP contribution in [-0.2, 0) is 4.79 Å². The molecule has 2 atom stereocenters. The average Bonchev–Trinajstić information content (AvgIpc) is 2.27. The number of nitrogens with zero attached hydrogens (tertiary/aromatic N) is 1. The molecule has 1 aliphatic heterocycles. The van der Waals surface area contributed by atoms with Crippen LogP contribution in [0.3, 0.4) is 0 Å². The minimum atomic E-state index is -0.401. The third-order valence-electron chi connectivity index (χ3n) is 3.06. The first-order valence-corrected chi connectivity index (χ1v) is 6.35. The summed E-state index contributed by atoms with van der Waals surface area (Å²) in [6.45, 7) is 8.13. The molecule has 4 heteroatoms. The van der Waals surface area contributed by atoms with Crippen LogP contribution in [0.2, 0.25) is 0 Å². The summed E-state index contributed by atoms with van der Waals surface area (Å²) in [6, 6.07) is -0.401. The number of likely N-dealkylation sites (tertiary alicyclic amines) is 1. The Morgan fingerprint density at radius 2 is 1.94 bits per heavy atom. The molecule has 0 saturated carbocycles. The van der Waals surface area contributed by atoms with Crippen LogP contribution < -0.4 is 11.1 Å². The van der Waals surface area contributed by atoms with Gasteiger partial charge < -0.3 is 16.0 Å². The summed E-state index contributed by atoms with van der Waals surface area (Å²) in [5.41, 5.74) is 5.48. The number of nitrogens with two attached hydrogens (primary N) is 1. The molecule has 0 spiro atoms. The second kappa shape index (κ2) is 6.86. The van der Waals surface area contributed by atoms with Crippen molar-refractivity contribution in [1.82, 2.24) is 10.2 Å². The molecule has 3 N–H and O–H groups in total. The lowest BCUT2D eigenvalue weighted by Crippen LogP contribution is -2.42. The normalized spacial score (nSPS) is 21.4. The molecular weight excluding hydrogens is 202 g/mol. The molecular formula is C12H25N3O. The number of amides is 1. The SMILES string of the molecule is CC(CNC(=O)[C@@H](C)N)CN1CCCCC1. The number of carbonyl (C=O) groups excluding carboxylic acids is 1. The number of carbonyl (C=O) groups is 1. The fourth-order valence-electron chi connectivity index (χ4n) is 2.08. The molecule has 1 amide bonds. The van der Waals surface area contributed by atoms with Crippen LogP contribution in [0.25, 0.3) is 0 Å². The van der Waals surface area contributed by atoms with E-state index < -0.39 is 6.04 Å². The van der Waals surface area contributed by atoms with E-state index in [1.807, 2.05) is 0 Å². The van der Waals surface area contributed by atoms with Gasteiger partial charge in [0.2, 0.25) is 5.91 Å². The number of rotatable bonds is 5.